The number of halogens is 1. The van der Waals surface area contributed by atoms with Crippen molar-refractivity contribution in [3.05, 3.63) is 29.6 Å². The average molecular weight is 278 g/mol. The predicted molar refractivity (Wildman–Crippen MR) is 79.2 cm³/mol. The summed E-state index contributed by atoms with van der Waals surface area (Å²) in [5.41, 5.74) is 0.721. The highest BCUT2D eigenvalue weighted by atomic mass is 19.1. The minimum Gasteiger partial charge on any atom is -0.325 e. The Balaban J connectivity index is 2.18. The lowest BCUT2D eigenvalue weighted by Gasteiger charge is -2.36. The first-order chi connectivity index (χ1) is 9.59. The monoisotopic (exact) mass is 278 g/mol. The first-order valence-electron chi connectivity index (χ1n) is 7.36. The molecule has 0 aromatic heterocycles. The SMILES string of the molecule is CCCC1(C(=O)Nc2cccc(F)c2C)CCCNC1. The summed E-state index contributed by atoms with van der Waals surface area (Å²) in [6, 6.07) is 4.80. The number of nitrogens with one attached hydrogen (secondary N) is 2. The van der Waals surface area contributed by atoms with E-state index in [1.807, 2.05) is 0 Å². The van der Waals surface area contributed by atoms with Crippen LogP contribution in [0.5, 0.6) is 0 Å². The lowest BCUT2D eigenvalue weighted by Crippen LogP contribution is -2.48. The minimum absolute atomic E-state index is 0.0141. The maximum absolute atomic E-state index is 13.6. The lowest BCUT2D eigenvalue weighted by molar-refractivity contribution is -0.127. The van der Waals surface area contributed by atoms with Crippen LogP contribution < -0.4 is 10.6 Å². The van der Waals surface area contributed by atoms with Gasteiger partial charge in [0.1, 0.15) is 5.82 Å². The Morgan fingerprint density at radius 1 is 1.50 bits per heavy atom. The molecular formula is C16H23FN2O. The molecule has 1 heterocycles. The fraction of sp³-hybridized carbons (Fsp3) is 0.562. The summed E-state index contributed by atoms with van der Waals surface area (Å²) in [6.45, 7) is 5.46. The maximum atomic E-state index is 13.6. The molecule has 1 aliphatic rings. The van der Waals surface area contributed by atoms with Crippen molar-refractivity contribution in [1.29, 1.82) is 0 Å². The molecule has 1 aliphatic heterocycles. The Morgan fingerprint density at radius 3 is 2.95 bits per heavy atom. The van der Waals surface area contributed by atoms with E-state index in [-0.39, 0.29) is 17.1 Å². The second-order valence-electron chi connectivity index (χ2n) is 5.68. The molecule has 0 spiro atoms. The minimum atomic E-state index is -0.355. The molecule has 20 heavy (non-hydrogen) atoms. The molecule has 0 aliphatic carbocycles. The lowest BCUT2D eigenvalue weighted by atomic mass is 9.76. The van der Waals surface area contributed by atoms with Crippen LogP contribution in [0.25, 0.3) is 0 Å². The van der Waals surface area contributed by atoms with Crippen LogP contribution in [0.15, 0.2) is 18.2 Å². The van der Waals surface area contributed by atoms with E-state index in [4.69, 9.17) is 0 Å². The smallest absolute Gasteiger partial charge is 0.231 e. The number of carbonyl (C=O) groups excluding carboxylic acids is 1. The molecule has 0 bridgehead atoms. The third kappa shape index (κ3) is 3.01. The number of piperidine rings is 1. The van der Waals surface area contributed by atoms with Crippen LogP contribution in [0.1, 0.15) is 38.2 Å². The van der Waals surface area contributed by atoms with E-state index in [0.29, 0.717) is 17.8 Å². The van der Waals surface area contributed by atoms with E-state index in [2.05, 4.69) is 17.6 Å². The number of amides is 1. The highest BCUT2D eigenvalue weighted by Gasteiger charge is 2.38. The van der Waals surface area contributed by atoms with Gasteiger partial charge in [-0.05, 0) is 44.9 Å². The number of anilines is 1. The van der Waals surface area contributed by atoms with Gasteiger partial charge in [-0.1, -0.05) is 19.4 Å². The van der Waals surface area contributed by atoms with Crippen molar-refractivity contribution in [2.75, 3.05) is 18.4 Å². The molecule has 1 saturated heterocycles. The van der Waals surface area contributed by atoms with Crippen molar-refractivity contribution in [2.45, 2.75) is 39.5 Å². The van der Waals surface area contributed by atoms with Gasteiger partial charge in [0.25, 0.3) is 0 Å². The van der Waals surface area contributed by atoms with Crippen LogP contribution in [-0.4, -0.2) is 19.0 Å². The molecule has 4 heteroatoms. The largest absolute Gasteiger partial charge is 0.325 e. The number of hydrogen-bond donors (Lipinski definition) is 2. The van der Waals surface area contributed by atoms with Crippen LogP contribution in [0.2, 0.25) is 0 Å². The second kappa shape index (κ2) is 6.35. The van der Waals surface area contributed by atoms with Crippen molar-refractivity contribution in [2.24, 2.45) is 5.41 Å². The zero-order valence-corrected chi connectivity index (χ0v) is 12.3. The summed E-state index contributed by atoms with van der Waals surface area (Å²) in [5.74, 6) is -0.269. The zero-order valence-electron chi connectivity index (χ0n) is 12.3. The van der Waals surface area contributed by atoms with Crippen LogP contribution in [0.3, 0.4) is 0 Å². The van der Waals surface area contributed by atoms with E-state index in [0.717, 1.165) is 32.2 Å². The molecule has 1 fully saturated rings. The van der Waals surface area contributed by atoms with Gasteiger partial charge >= 0.3 is 0 Å². The Bertz CT molecular complexity index is 476. The van der Waals surface area contributed by atoms with Gasteiger partial charge in [0.2, 0.25) is 5.91 Å². The van der Waals surface area contributed by atoms with Crippen molar-refractivity contribution < 1.29 is 9.18 Å². The predicted octanol–water partition coefficient (Wildman–Crippen LogP) is 3.24. The van der Waals surface area contributed by atoms with Crippen LogP contribution >= 0.6 is 0 Å². The number of hydrogen-bond acceptors (Lipinski definition) is 2. The molecule has 110 valence electrons. The highest BCUT2D eigenvalue weighted by Crippen LogP contribution is 2.33. The molecule has 1 amide bonds. The number of carbonyl (C=O) groups is 1. The van der Waals surface area contributed by atoms with E-state index in [9.17, 15) is 9.18 Å². The fourth-order valence-corrected chi connectivity index (χ4v) is 2.96. The first kappa shape index (κ1) is 15.0. The fourth-order valence-electron chi connectivity index (χ4n) is 2.96. The van der Waals surface area contributed by atoms with Gasteiger partial charge in [0, 0.05) is 17.8 Å². The topological polar surface area (TPSA) is 41.1 Å². The Hall–Kier alpha value is -1.42. The van der Waals surface area contributed by atoms with Gasteiger partial charge in [-0.25, -0.2) is 4.39 Å². The molecule has 1 aromatic carbocycles. The van der Waals surface area contributed by atoms with E-state index in [1.54, 1.807) is 19.1 Å². The van der Waals surface area contributed by atoms with Gasteiger partial charge in [-0.3, -0.25) is 4.79 Å². The summed E-state index contributed by atoms with van der Waals surface area (Å²) in [4.78, 5) is 12.7. The van der Waals surface area contributed by atoms with Crippen LogP contribution in [0.4, 0.5) is 10.1 Å². The summed E-state index contributed by atoms with van der Waals surface area (Å²) < 4.78 is 13.6. The summed E-state index contributed by atoms with van der Waals surface area (Å²) >= 11 is 0. The average Bonchev–Trinajstić information content (AvgIpc) is 2.45. The molecule has 1 unspecified atom stereocenters. The quantitative estimate of drug-likeness (QED) is 0.887. The van der Waals surface area contributed by atoms with Gasteiger partial charge in [0.15, 0.2) is 0 Å². The molecule has 1 atom stereocenters. The zero-order chi connectivity index (χ0) is 14.6. The van der Waals surface area contributed by atoms with Crippen molar-refractivity contribution in [3.8, 4) is 0 Å². The van der Waals surface area contributed by atoms with Crippen molar-refractivity contribution in [1.82, 2.24) is 5.32 Å². The number of benzene rings is 1. The maximum Gasteiger partial charge on any atom is 0.231 e. The molecule has 1 aromatic rings. The van der Waals surface area contributed by atoms with Crippen LogP contribution in [-0.2, 0) is 4.79 Å². The normalized spacial score (nSPS) is 22.6. The molecule has 3 nitrogen and oxygen atoms in total. The summed E-state index contributed by atoms with van der Waals surface area (Å²) in [7, 11) is 0. The molecule has 2 N–H and O–H groups in total. The first-order valence-corrected chi connectivity index (χ1v) is 7.36. The standard InChI is InChI=1S/C16H23FN2O/c1-3-8-16(9-5-10-18-11-16)15(20)19-14-7-4-6-13(17)12(14)2/h4,6-7,18H,3,5,8-11H2,1-2H3,(H,19,20). The third-order valence-electron chi connectivity index (χ3n) is 4.20. The second-order valence-corrected chi connectivity index (χ2v) is 5.68. The summed E-state index contributed by atoms with van der Waals surface area (Å²) in [5, 5.41) is 6.25. The third-order valence-corrected chi connectivity index (χ3v) is 4.20. The van der Waals surface area contributed by atoms with E-state index >= 15 is 0 Å². The molecule has 2 rings (SSSR count). The summed E-state index contributed by atoms with van der Waals surface area (Å²) in [6.07, 6.45) is 3.74. The van der Waals surface area contributed by atoms with Crippen molar-refractivity contribution in [3.63, 3.8) is 0 Å². The van der Waals surface area contributed by atoms with Gasteiger partial charge in [0.05, 0.1) is 5.41 Å². The van der Waals surface area contributed by atoms with Crippen molar-refractivity contribution >= 4 is 11.6 Å². The Morgan fingerprint density at radius 2 is 2.30 bits per heavy atom. The van der Waals surface area contributed by atoms with Gasteiger partial charge < -0.3 is 10.6 Å². The van der Waals surface area contributed by atoms with Gasteiger partial charge in [-0.15, -0.1) is 0 Å². The molecule has 0 saturated carbocycles. The van der Waals surface area contributed by atoms with E-state index in [1.165, 1.54) is 6.07 Å². The Kier molecular flexibility index (Phi) is 4.76. The van der Waals surface area contributed by atoms with E-state index < -0.39 is 0 Å². The number of rotatable bonds is 4. The molecule has 0 radical (unpaired) electrons. The highest BCUT2D eigenvalue weighted by molar-refractivity contribution is 5.96. The van der Waals surface area contributed by atoms with Crippen LogP contribution in [0, 0.1) is 18.2 Å². The van der Waals surface area contributed by atoms with Gasteiger partial charge in [-0.2, -0.15) is 0 Å². The molecular weight excluding hydrogens is 255 g/mol. The Labute approximate surface area is 120 Å².